The number of aromatic amines is 1. The number of fused-ring (bicyclic) bond motifs is 17. The van der Waals surface area contributed by atoms with E-state index in [0.717, 1.165) is 166 Å². The fraction of sp³-hybridized carbons (Fsp3) is 0.111. The van der Waals surface area contributed by atoms with Crippen molar-refractivity contribution in [1.82, 2.24) is 18.7 Å². The molecule has 2 aliphatic rings. The highest BCUT2D eigenvalue weighted by Crippen LogP contribution is 2.55. The second-order valence-corrected chi connectivity index (χ2v) is 33.9. The lowest BCUT2D eigenvalue weighted by Crippen LogP contribution is -2.60. The maximum atomic E-state index is 10.1. The van der Waals surface area contributed by atoms with E-state index in [9.17, 15) is 13.7 Å². The molecule has 5 nitrogen and oxygen atoms in total. The van der Waals surface area contributed by atoms with E-state index >= 15 is 0 Å². The van der Waals surface area contributed by atoms with Crippen LogP contribution in [0.3, 0.4) is 0 Å². The van der Waals surface area contributed by atoms with Gasteiger partial charge in [0.05, 0.1) is 67.8 Å². The number of para-hydroxylation sites is 3. The van der Waals surface area contributed by atoms with Gasteiger partial charge >= 0.3 is 0 Å². The molecule has 544 valence electrons. The van der Waals surface area contributed by atoms with Crippen molar-refractivity contribution >= 4 is 127 Å². The molecule has 0 radical (unpaired) electrons. The summed E-state index contributed by atoms with van der Waals surface area (Å²) in [5.41, 5.74) is 25.0. The number of benzene rings is 16. The minimum absolute atomic E-state index is 0.0179. The molecule has 114 heavy (non-hydrogen) atoms. The summed E-state index contributed by atoms with van der Waals surface area (Å²) in [4.78, 5) is 6.67. The van der Waals surface area contributed by atoms with Gasteiger partial charge in [0.1, 0.15) is 0 Å². The van der Waals surface area contributed by atoms with Gasteiger partial charge in [0.15, 0.2) is 0 Å². The Labute approximate surface area is 683 Å². The standard InChI is InChI=1S/C108H84BN5/c1-106(2,3)71-50-55-95-87(58-71)88-59-72(107(4,5)6)51-56-96(88)112(95)75-62-89-86-57-70(66-31-14-10-15-32-66)49-54-97(86)113-99-65-92-100(83-46-30-45-82(102(83)110-92)79-42-25-24-41-78(79)77-40-23-22-39-76(77)67-33-16-11-17-34-67)105-101(99)109(91(63-75)104(89)113)90-53-52-74(111-93-47-28-26-43-80(93)81-44-27-29-48-94(81)111)64-98(90)114(105)103-84(68-35-18-12-19-36-68)60-73(108(7,8)9)61-85(103)69-37-20-13-21-38-69/h10-65,110H,1-9H3/i10D,14D,15D,26D,27D,28D,29D,31D,32D,43D,44D,47D,48D. The highest BCUT2D eigenvalue weighted by Gasteiger charge is 2.46. The average molecular weight is 1480 g/mol. The quantitative estimate of drug-likeness (QED) is 0.144. The highest BCUT2D eigenvalue weighted by atomic mass is 15.2. The molecule has 0 atom stereocenters. The summed E-state index contributed by atoms with van der Waals surface area (Å²) >= 11 is 0. The predicted octanol–water partition coefficient (Wildman–Crippen LogP) is 27.1. The molecular formula is C108H84BN5. The van der Waals surface area contributed by atoms with E-state index in [1.165, 1.54) is 11.1 Å². The van der Waals surface area contributed by atoms with Gasteiger partial charge < -0.3 is 23.6 Å². The maximum absolute atomic E-state index is 10.1. The molecular weight excluding hydrogens is 1380 g/mol. The molecule has 6 heterocycles. The van der Waals surface area contributed by atoms with Crippen molar-refractivity contribution in [2.45, 2.75) is 78.6 Å². The van der Waals surface area contributed by atoms with Crippen LogP contribution in [0.2, 0.25) is 0 Å². The third-order valence-electron chi connectivity index (χ3n) is 24.1. The van der Waals surface area contributed by atoms with Crippen molar-refractivity contribution in [3.8, 4) is 83.8 Å². The number of nitrogens with one attached hydrogen (secondary N) is 1. The molecule has 0 bridgehead atoms. The number of nitrogens with zero attached hydrogens (tertiary/aromatic N) is 4. The molecule has 0 amide bonds. The number of rotatable bonds is 9. The molecule has 20 aromatic rings. The second kappa shape index (κ2) is 25.0. The Hall–Kier alpha value is -13.4. The summed E-state index contributed by atoms with van der Waals surface area (Å²) in [6.07, 6.45) is 0. The number of hydrogen-bond acceptors (Lipinski definition) is 1. The zero-order valence-corrected chi connectivity index (χ0v) is 64.7. The highest BCUT2D eigenvalue weighted by molar-refractivity contribution is 7.00. The van der Waals surface area contributed by atoms with Crippen LogP contribution in [-0.2, 0) is 16.2 Å². The van der Waals surface area contributed by atoms with Crippen molar-refractivity contribution in [3.63, 3.8) is 0 Å². The summed E-state index contributed by atoms with van der Waals surface area (Å²) < 4.78 is 130. The van der Waals surface area contributed by atoms with Gasteiger partial charge in [-0.25, -0.2) is 0 Å². The van der Waals surface area contributed by atoms with Gasteiger partial charge in [-0.05, 0) is 190 Å². The van der Waals surface area contributed by atoms with Gasteiger partial charge in [0.2, 0.25) is 0 Å². The van der Waals surface area contributed by atoms with Crippen LogP contribution in [-0.4, -0.2) is 25.4 Å². The first-order valence-corrected chi connectivity index (χ1v) is 39.3. The van der Waals surface area contributed by atoms with Crippen LogP contribution in [0.15, 0.2) is 339 Å². The normalized spacial score (nSPS) is 14.5. The number of H-pyrrole nitrogens is 1. The van der Waals surface area contributed by atoms with E-state index in [1.54, 1.807) is 4.57 Å². The smallest absolute Gasteiger partial charge is 0.252 e. The largest absolute Gasteiger partial charge is 0.354 e. The lowest BCUT2D eigenvalue weighted by molar-refractivity contribution is 0.590. The first kappa shape index (κ1) is 55.1. The predicted molar refractivity (Wildman–Crippen MR) is 487 cm³/mol. The Kier molecular flexibility index (Phi) is 12.1. The number of anilines is 3. The molecule has 0 spiro atoms. The molecule has 0 fully saturated rings. The molecule has 0 unspecified atom stereocenters. The zero-order valence-electron chi connectivity index (χ0n) is 77.7. The van der Waals surface area contributed by atoms with Crippen LogP contribution in [0, 0.1) is 0 Å². The Morgan fingerprint density at radius 3 is 1.39 bits per heavy atom. The van der Waals surface area contributed by atoms with Crippen LogP contribution in [0.5, 0.6) is 0 Å². The first-order chi connectivity index (χ1) is 60.9. The Balaban J connectivity index is 0.964. The van der Waals surface area contributed by atoms with Gasteiger partial charge in [-0.3, -0.25) is 0 Å². The summed E-state index contributed by atoms with van der Waals surface area (Å²) in [5, 5.41) is 5.44. The maximum Gasteiger partial charge on any atom is 0.252 e. The molecule has 0 saturated carbocycles. The average Bonchev–Trinajstić information content (AvgIpc) is 1.62. The van der Waals surface area contributed by atoms with E-state index in [4.69, 9.17) is 4.11 Å². The molecule has 2 aliphatic heterocycles. The van der Waals surface area contributed by atoms with Crippen molar-refractivity contribution in [2.24, 2.45) is 0 Å². The monoisotopic (exact) mass is 1470 g/mol. The van der Waals surface area contributed by atoms with Gasteiger partial charge in [-0.15, -0.1) is 0 Å². The topological polar surface area (TPSA) is 33.8 Å². The van der Waals surface area contributed by atoms with E-state index in [0.29, 0.717) is 16.9 Å². The Bertz CT molecular complexity index is 8010. The molecule has 0 aliphatic carbocycles. The molecule has 22 rings (SSSR count). The van der Waals surface area contributed by atoms with Crippen LogP contribution in [0.1, 0.15) is 96.8 Å². The summed E-state index contributed by atoms with van der Waals surface area (Å²) in [7, 11) is 0. The van der Waals surface area contributed by atoms with Gasteiger partial charge in [0, 0.05) is 88.0 Å². The Morgan fingerprint density at radius 2 is 0.798 bits per heavy atom. The lowest BCUT2D eigenvalue weighted by Gasteiger charge is -2.43. The SMILES string of the molecule is [2H]c1c([2H])c([2H])c(-c2ccc3c(c2)c2cc(-n4c5ccc(C(C)(C)C)cc5c5cc(C(C)(C)C)ccc54)cc4c2n3-c2cc3[nH]c5c(-c6ccccc6-c6ccccc6-c6ccccc6)cccc5c3c3c2B4c2ccc(-n4c5c([2H])c([2H])c([2H])c([2H])c5c5c([2H])c([2H])c([2H])c([2H])c54)cc2N3c2c(-c3ccccc3)cc(C(C)(C)C)cc2-c2ccccc2)c([2H])c1[2H]. The van der Waals surface area contributed by atoms with Crippen LogP contribution < -0.4 is 21.3 Å². The summed E-state index contributed by atoms with van der Waals surface area (Å²) in [5.74, 6) is 0. The van der Waals surface area contributed by atoms with Crippen LogP contribution in [0.25, 0.3) is 171 Å². The summed E-state index contributed by atoms with van der Waals surface area (Å²) in [6.45, 7) is 19.4. The minimum atomic E-state index is -0.715. The molecule has 0 saturated heterocycles. The van der Waals surface area contributed by atoms with Gasteiger partial charge in [-0.2, -0.15) is 0 Å². The van der Waals surface area contributed by atoms with Crippen molar-refractivity contribution in [2.75, 3.05) is 4.90 Å². The third kappa shape index (κ3) is 10.3. The molecule has 1 N–H and O–H groups in total. The van der Waals surface area contributed by atoms with Crippen LogP contribution in [0.4, 0.5) is 17.1 Å². The summed E-state index contributed by atoms with van der Waals surface area (Å²) in [6, 6.07) is 86.7. The molecule has 6 heteroatoms. The number of aromatic nitrogens is 4. The first-order valence-electron chi connectivity index (χ1n) is 45.8. The van der Waals surface area contributed by atoms with E-state index < -0.39 is 78.6 Å². The second-order valence-electron chi connectivity index (χ2n) is 33.9. The molecule has 16 aromatic carbocycles. The van der Waals surface area contributed by atoms with Crippen molar-refractivity contribution < 1.29 is 17.8 Å². The van der Waals surface area contributed by atoms with E-state index in [1.807, 2.05) is 42.5 Å². The fourth-order valence-corrected chi connectivity index (χ4v) is 18.7. The van der Waals surface area contributed by atoms with Crippen molar-refractivity contribution in [1.29, 1.82) is 0 Å². The fourth-order valence-electron chi connectivity index (χ4n) is 18.7. The Morgan fingerprint density at radius 1 is 0.298 bits per heavy atom. The minimum Gasteiger partial charge on any atom is -0.354 e. The van der Waals surface area contributed by atoms with E-state index in [-0.39, 0.29) is 50.3 Å². The molecule has 4 aromatic heterocycles. The van der Waals surface area contributed by atoms with E-state index in [2.05, 4.69) is 300 Å². The van der Waals surface area contributed by atoms with Crippen LogP contribution >= 0.6 is 0 Å². The van der Waals surface area contributed by atoms with Crippen molar-refractivity contribution in [3.05, 3.63) is 356 Å². The third-order valence-corrected chi connectivity index (χ3v) is 24.1. The van der Waals surface area contributed by atoms with Gasteiger partial charge in [0.25, 0.3) is 6.71 Å². The number of hydrogen-bond donors (Lipinski definition) is 1. The van der Waals surface area contributed by atoms with Gasteiger partial charge in [-0.1, -0.05) is 311 Å². The zero-order chi connectivity index (χ0) is 88.1. The lowest BCUT2D eigenvalue weighted by atomic mass is 9.33.